The summed E-state index contributed by atoms with van der Waals surface area (Å²) in [4.78, 5) is 3.58. The Bertz CT molecular complexity index is 1090. The smallest absolute Gasteiger partial charge is 0.0462 e. The van der Waals surface area contributed by atoms with Gasteiger partial charge in [-0.1, -0.05) is 42.5 Å². The Morgan fingerprint density at radius 3 is 2.58 bits per heavy atom. The van der Waals surface area contributed by atoms with Crippen LogP contribution in [0.4, 0.5) is 5.69 Å². The average Bonchev–Trinajstić information content (AvgIpc) is 3.07. The number of nitrogens with one attached hydrogen (secondary N) is 1. The van der Waals surface area contributed by atoms with Gasteiger partial charge >= 0.3 is 0 Å². The third kappa shape index (κ3) is 2.50. The fourth-order valence-electron chi connectivity index (χ4n) is 4.06. The van der Waals surface area contributed by atoms with Gasteiger partial charge in [-0.2, -0.15) is 0 Å². The van der Waals surface area contributed by atoms with E-state index in [1.165, 1.54) is 38.9 Å². The number of hydrogen-bond donors (Lipinski definition) is 2. The zero-order valence-corrected chi connectivity index (χ0v) is 14.8. The van der Waals surface area contributed by atoms with Crippen molar-refractivity contribution in [3.8, 4) is 11.1 Å². The lowest BCUT2D eigenvalue weighted by atomic mass is 9.93. The van der Waals surface area contributed by atoms with E-state index in [1.54, 1.807) is 0 Å². The van der Waals surface area contributed by atoms with Crippen molar-refractivity contribution < 1.29 is 0 Å². The second-order valence-corrected chi connectivity index (χ2v) is 7.16. The number of aryl methyl sites for hydroxylation is 1. The number of aromatic nitrogens is 1. The van der Waals surface area contributed by atoms with Crippen LogP contribution in [-0.2, 0) is 6.42 Å². The average molecular weight is 338 g/mol. The molecule has 0 bridgehead atoms. The van der Waals surface area contributed by atoms with Crippen LogP contribution in [0.5, 0.6) is 0 Å². The van der Waals surface area contributed by atoms with Crippen molar-refractivity contribution in [2.75, 3.05) is 5.73 Å². The Labute approximate surface area is 153 Å². The summed E-state index contributed by atoms with van der Waals surface area (Å²) < 4.78 is 0. The van der Waals surface area contributed by atoms with Crippen molar-refractivity contribution in [1.82, 2.24) is 4.98 Å². The monoisotopic (exact) mass is 338 g/mol. The second-order valence-electron chi connectivity index (χ2n) is 7.16. The number of allylic oxidation sites excluding steroid dienone is 5. The van der Waals surface area contributed by atoms with Gasteiger partial charge in [-0.15, -0.1) is 0 Å². The van der Waals surface area contributed by atoms with Gasteiger partial charge in [0.2, 0.25) is 0 Å². The van der Waals surface area contributed by atoms with Crippen molar-refractivity contribution in [1.29, 1.82) is 0 Å². The first-order chi connectivity index (χ1) is 12.8. The van der Waals surface area contributed by atoms with Gasteiger partial charge in [0.25, 0.3) is 0 Å². The van der Waals surface area contributed by atoms with Crippen LogP contribution in [0, 0.1) is 0 Å². The Morgan fingerprint density at radius 2 is 1.69 bits per heavy atom. The molecule has 1 aromatic heterocycles. The summed E-state index contributed by atoms with van der Waals surface area (Å²) in [5.41, 5.74) is 15.9. The van der Waals surface area contributed by atoms with Crippen LogP contribution < -0.4 is 5.73 Å². The zero-order chi connectivity index (χ0) is 17.5. The molecule has 2 heteroatoms. The molecule has 0 fully saturated rings. The number of nitrogen functional groups attached to an aromatic ring is 1. The second kappa shape index (κ2) is 6.06. The van der Waals surface area contributed by atoms with Gasteiger partial charge in [-0.3, -0.25) is 0 Å². The lowest BCUT2D eigenvalue weighted by Crippen LogP contribution is -1.95. The Hall–Kier alpha value is -3.00. The molecule has 5 rings (SSSR count). The number of hydrogen-bond acceptors (Lipinski definition) is 1. The summed E-state index contributed by atoms with van der Waals surface area (Å²) in [6.07, 6.45) is 15.7. The standard InChI is InChI=1S/C24H22N2/c25-22-12-10-17(14-20(22)16-6-2-1-3-7-16)18-11-13-24-21(15-18)19-8-4-5-9-23(19)26-24/h2,4,6-8,10-15,26H,1,3,5,9,25H2. The molecule has 0 radical (unpaired) electrons. The molecular formula is C24H22N2. The molecule has 2 aliphatic carbocycles. The van der Waals surface area contributed by atoms with E-state index in [4.69, 9.17) is 5.73 Å². The highest BCUT2D eigenvalue weighted by Crippen LogP contribution is 2.34. The van der Waals surface area contributed by atoms with Crippen LogP contribution >= 0.6 is 0 Å². The molecule has 128 valence electrons. The van der Waals surface area contributed by atoms with Crippen molar-refractivity contribution in [3.63, 3.8) is 0 Å². The first-order valence-electron chi connectivity index (χ1n) is 9.38. The van der Waals surface area contributed by atoms with Gasteiger partial charge in [0, 0.05) is 33.4 Å². The minimum absolute atomic E-state index is 0.842. The summed E-state index contributed by atoms with van der Waals surface area (Å²) in [6, 6.07) is 13.1. The zero-order valence-electron chi connectivity index (χ0n) is 14.8. The molecule has 0 atom stereocenters. The molecule has 26 heavy (non-hydrogen) atoms. The number of anilines is 1. The molecule has 2 aliphatic rings. The largest absolute Gasteiger partial charge is 0.398 e. The molecule has 3 aromatic rings. The van der Waals surface area contributed by atoms with Crippen molar-refractivity contribution >= 4 is 28.2 Å². The fourth-order valence-corrected chi connectivity index (χ4v) is 4.06. The van der Waals surface area contributed by atoms with Gasteiger partial charge in [0.15, 0.2) is 0 Å². The number of nitrogens with two attached hydrogens (primary N) is 1. The Kier molecular flexibility index (Phi) is 3.56. The quantitative estimate of drug-likeness (QED) is 0.544. The molecule has 1 heterocycles. The minimum Gasteiger partial charge on any atom is -0.398 e. The molecule has 0 aliphatic heterocycles. The van der Waals surface area contributed by atoms with E-state index in [0.717, 1.165) is 36.9 Å². The highest BCUT2D eigenvalue weighted by Gasteiger charge is 2.13. The topological polar surface area (TPSA) is 41.8 Å². The van der Waals surface area contributed by atoms with Crippen LogP contribution in [0.2, 0.25) is 0 Å². The van der Waals surface area contributed by atoms with E-state index in [0.29, 0.717) is 0 Å². The third-order valence-electron chi connectivity index (χ3n) is 5.46. The van der Waals surface area contributed by atoms with E-state index < -0.39 is 0 Å². The molecule has 3 N–H and O–H groups in total. The molecule has 0 unspecified atom stereocenters. The van der Waals surface area contributed by atoms with Gasteiger partial charge in [-0.05, 0) is 66.6 Å². The summed E-state index contributed by atoms with van der Waals surface area (Å²) in [7, 11) is 0. The van der Waals surface area contributed by atoms with Gasteiger partial charge in [0.1, 0.15) is 0 Å². The molecule has 0 saturated carbocycles. The van der Waals surface area contributed by atoms with Crippen molar-refractivity contribution in [3.05, 3.63) is 77.5 Å². The summed E-state index contributed by atoms with van der Waals surface area (Å²) >= 11 is 0. The van der Waals surface area contributed by atoms with Gasteiger partial charge in [-0.25, -0.2) is 0 Å². The van der Waals surface area contributed by atoms with Crippen LogP contribution in [-0.4, -0.2) is 4.98 Å². The number of aromatic amines is 1. The normalized spacial score (nSPS) is 15.9. The van der Waals surface area contributed by atoms with E-state index in [9.17, 15) is 0 Å². The molecule has 2 nitrogen and oxygen atoms in total. The molecule has 0 amide bonds. The van der Waals surface area contributed by atoms with E-state index in [-0.39, 0.29) is 0 Å². The molecular weight excluding hydrogens is 316 g/mol. The summed E-state index contributed by atoms with van der Waals surface area (Å²) in [5, 5.41) is 1.31. The maximum Gasteiger partial charge on any atom is 0.0462 e. The molecule has 0 spiro atoms. The number of H-pyrrole nitrogens is 1. The Morgan fingerprint density at radius 1 is 0.846 bits per heavy atom. The predicted octanol–water partition coefficient (Wildman–Crippen LogP) is 6.11. The molecule has 2 aromatic carbocycles. The summed E-state index contributed by atoms with van der Waals surface area (Å²) in [5.74, 6) is 0. The van der Waals surface area contributed by atoms with Crippen LogP contribution in [0.25, 0.3) is 33.7 Å². The van der Waals surface area contributed by atoms with Gasteiger partial charge < -0.3 is 10.7 Å². The maximum atomic E-state index is 6.27. The lowest BCUT2D eigenvalue weighted by molar-refractivity contribution is 0.951. The number of fused-ring (bicyclic) bond motifs is 3. The number of rotatable bonds is 2. The SMILES string of the molecule is Nc1ccc(-c2ccc3[nH]c4c(c3c2)C=CCC4)cc1C1=CCCC=C1. The van der Waals surface area contributed by atoms with E-state index in [1.807, 2.05) is 6.07 Å². The predicted molar refractivity (Wildman–Crippen MR) is 112 cm³/mol. The molecule has 0 saturated heterocycles. The highest BCUT2D eigenvalue weighted by molar-refractivity contribution is 5.95. The van der Waals surface area contributed by atoms with E-state index in [2.05, 4.69) is 65.7 Å². The number of benzene rings is 2. The first-order valence-corrected chi connectivity index (χ1v) is 9.38. The third-order valence-corrected chi connectivity index (χ3v) is 5.46. The van der Waals surface area contributed by atoms with Gasteiger partial charge in [0.05, 0.1) is 0 Å². The van der Waals surface area contributed by atoms with E-state index >= 15 is 0 Å². The van der Waals surface area contributed by atoms with Crippen LogP contribution in [0.15, 0.2) is 60.7 Å². The first kappa shape index (κ1) is 15.3. The van der Waals surface area contributed by atoms with Crippen LogP contribution in [0.3, 0.4) is 0 Å². The Balaban J connectivity index is 1.63. The maximum absolute atomic E-state index is 6.27. The minimum atomic E-state index is 0.842. The lowest BCUT2D eigenvalue weighted by Gasteiger charge is -2.13. The fraction of sp³-hybridized carbons (Fsp3) is 0.167. The van der Waals surface area contributed by atoms with Crippen LogP contribution in [0.1, 0.15) is 36.1 Å². The van der Waals surface area contributed by atoms with Crippen molar-refractivity contribution in [2.24, 2.45) is 0 Å². The summed E-state index contributed by atoms with van der Waals surface area (Å²) in [6.45, 7) is 0. The highest BCUT2D eigenvalue weighted by atomic mass is 14.7. The van der Waals surface area contributed by atoms with Crippen molar-refractivity contribution in [2.45, 2.75) is 25.7 Å².